The molecular weight excluding hydrogens is 422 g/mol. The smallest absolute Gasteiger partial charge is 0.360 e. The summed E-state index contributed by atoms with van der Waals surface area (Å²) in [6.07, 6.45) is 32.7. The maximum absolute atomic E-state index is 11.3. The van der Waals surface area contributed by atoms with E-state index in [0.717, 1.165) is 18.7 Å². The van der Waals surface area contributed by atoms with Gasteiger partial charge in [-0.25, -0.2) is 14.3 Å². The first kappa shape index (κ1) is 30.6. The lowest BCUT2D eigenvalue weighted by Crippen LogP contribution is -2.59. The molecule has 0 bridgehead atoms. The van der Waals surface area contributed by atoms with E-state index in [1.165, 1.54) is 109 Å². The number of allylic oxidation sites excluding steroid dienone is 2. The Morgan fingerprint density at radius 2 is 1.35 bits per heavy atom. The standard InChI is InChI=1S/C29H53N3O2/c1-3-4-5-6-7-8-9-10-11-12-13-14-15-16-17-18-19-20-21-22-23-28-31-24-25-32(28,27(2)30)26-29(33)34/h8-9,24-25,27H,3-7,10-23,26,30H2,1-2H3/p+1/b9-8+. The highest BCUT2D eigenvalue weighted by Crippen LogP contribution is 2.23. The molecule has 3 N–H and O–H groups in total. The van der Waals surface area contributed by atoms with Crippen LogP contribution in [0.25, 0.3) is 0 Å². The number of aliphatic imine (C=N–C) groups is 1. The molecule has 0 saturated carbocycles. The number of rotatable bonds is 23. The van der Waals surface area contributed by atoms with E-state index in [1.807, 2.05) is 13.1 Å². The molecule has 5 heteroatoms. The second kappa shape index (κ2) is 19.8. The number of carboxylic acids is 1. The van der Waals surface area contributed by atoms with Crippen LogP contribution in [0.1, 0.15) is 136 Å². The summed E-state index contributed by atoms with van der Waals surface area (Å²) in [4.78, 5) is 15.8. The molecule has 1 aliphatic rings. The molecule has 1 aliphatic heterocycles. The predicted molar refractivity (Wildman–Crippen MR) is 146 cm³/mol. The van der Waals surface area contributed by atoms with Crippen molar-refractivity contribution < 1.29 is 14.4 Å². The number of amidine groups is 1. The molecule has 0 aromatic carbocycles. The van der Waals surface area contributed by atoms with Gasteiger partial charge >= 0.3 is 5.97 Å². The predicted octanol–water partition coefficient (Wildman–Crippen LogP) is 8.06. The quantitative estimate of drug-likeness (QED) is 0.0889. The van der Waals surface area contributed by atoms with Gasteiger partial charge in [0, 0.05) is 13.3 Å². The molecule has 1 rings (SSSR count). The Hall–Kier alpha value is -1.46. The molecule has 1 heterocycles. The van der Waals surface area contributed by atoms with Crippen molar-refractivity contribution in [1.82, 2.24) is 0 Å². The molecule has 0 radical (unpaired) electrons. The third-order valence-electron chi connectivity index (χ3n) is 7.07. The van der Waals surface area contributed by atoms with Crippen LogP contribution in [0.5, 0.6) is 0 Å². The van der Waals surface area contributed by atoms with Crippen LogP contribution in [0.2, 0.25) is 0 Å². The second-order valence-corrected chi connectivity index (χ2v) is 10.2. The summed E-state index contributed by atoms with van der Waals surface area (Å²) >= 11 is 0. The van der Waals surface area contributed by atoms with Crippen LogP contribution in [-0.4, -0.2) is 34.1 Å². The van der Waals surface area contributed by atoms with Crippen molar-refractivity contribution >= 4 is 11.8 Å². The molecule has 2 atom stereocenters. The number of nitrogens with two attached hydrogens (primary N) is 1. The summed E-state index contributed by atoms with van der Waals surface area (Å²) in [6, 6.07) is 0. The van der Waals surface area contributed by atoms with Crippen LogP contribution >= 0.6 is 0 Å². The lowest BCUT2D eigenvalue weighted by atomic mass is 10.0. The third kappa shape index (κ3) is 13.4. The number of carbonyl (C=O) groups is 1. The molecule has 34 heavy (non-hydrogen) atoms. The minimum Gasteiger partial charge on any atom is -0.477 e. The molecule has 196 valence electrons. The summed E-state index contributed by atoms with van der Waals surface area (Å²) in [5.74, 6) is 0.0630. The molecule has 2 unspecified atom stereocenters. The molecule has 0 amide bonds. The minimum atomic E-state index is -0.836. The van der Waals surface area contributed by atoms with Gasteiger partial charge in [0.15, 0.2) is 6.54 Å². The molecular formula is C29H54N3O2+. The average molecular weight is 477 g/mol. The summed E-state index contributed by atoms with van der Waals surface area (Å²) in [5, 5.41) is 9.28. The fraction of sp³-hybridized carbons (Fsp3) is 0.793. The summed E-state index contributed by atoms with van der Waals surface area (Å²) in [6.45, 7) is 4.11. The Labute approximate surface area is 210 Å². The van der Waals surface area contributed by atoms with E-state index in [0.29, 0.717) is 0 Å². The van der Waals surface area contributed by atoms with E-state index < -0.39 is 5.97 Å². The average Bonchev–Trinajstić information content (AvgIpc) is 3.20. The van der Waals surface area contributed by atoms with Crippen LogP contribution in [0.3, 0.4) is 0 Å². The van der Waals surface area contributed by atoms with Crippen molar-refractivity contribution in [3.63, 3.8) is 0 Å². The normalized spacial score (nSPS) is 18.6. The zero-order valence-corrected chi connectivity index (χ0v) is 22.4. The number of hydrogen-bond donors (Lipinski definition) is 2. The van der Waals surface area contributed by atoms with Crippen molar-refractivity contribution in [3.05, 3.63) is 24.6 Å². The Morgan fingerprint density at radius 3 is 1.82 bits per heavy atom. The number of quaternary nitrogens is 1. The van der Waals surface area contributed by atoms with E-state index in [-0.39, 0.29) is 17.2 Å². The van der Waals surface area contributed by atoms with Crippen LogP contribution in [0.15, 0.2) is 29.5 Å². The summed E-state index contributed by atoms with van der Waals surface area (Å²) in [7, 11) is 0. The zero-order valence-electron chi connectivity index (χ0n) is 22.4. The van der Waals surface area contributed by atoms with E-state index in [2.05, 4.69) is 24.1 Å². The van der Waals surface area contributed by atoms with E-state index in [1.54, 1.807) is 6.20 Å². The van der Waals surface area contributed by atoms with E-state index >= 15 is 0 Å². The van der Waals surface area contributed by atoms with Gasteiger partial charge in [0.25, 0.3) is 0 Å². The van der Waals surface area contributed by atoms with Crippen molar-refractivity contribution in [2.45, 2.75) is 142 Å². The van der Waals surface area contributed by atoms with Gasteiger partial charge in [-0.1, -0.05) is 103 Å². The Morgan fingerprint density at radius 1 is 0.882 bits per heavy atom. The first-order valence-corrected chi connectivity index (χ1v) is 14.3. The van der Waals surface area contributed by atoms with E-state index in [9.17, 15) is 9.90 Å². The maximum Gasteiger partial charge on any atom is 0.360 e. The van der Waals surface area contributed by atoms with Gasteiger partial charge in [0.2, 0.25) is 5.84 Å². The largest absolute Gasteiger partial charge is 0.477 e. The SMILES string of the molecule is CCCCCC/C=C/CCCCCCCCCCCCCCC1=NC=C[N+]1(CC(=O)O)C(C)N. The monoisotopic (exact) mass is 476 g/mol. The van der Waals surface area contributed by atoms with Gasteiger partial charge in [-0.2, -0.15) is 0 Å². The van der Waals surface area contributed by atoms with Gasteiger partial charge in [0.05, 0.1) is 6.20 Å². The molecule has 0 spiro atoms. The molecule has 0 saturated heterocycles. The van der Waals surface area contributed by atoms with Crippen molar-refractivity contribution in [1.29, 1.82) is 0 Å². The highest BCUT2D eigenvalue weighted by molar-refractivity contribution is 5.81. The Balaban J connectivity index is 1.90. The minimum absolute atomic E-state index is 0.0246. The lowest BCUT2D eigenvalue weighted by Gasteiger charge is -2.34. The van der Waals surface area contributed by atoms with Crippen molar-refractivity contribution in [2.24, 2.45) is 10.7 Å². The van der Waals surface area contributed by atoms with Crippen LogP contribution < -0.4 is 5.73 Å². The van der Waals surface area contributed by atoms with Gasteiger partial charge in [-0.3, -0.25) is 5.73 Å². The van der Waals surface area contributed by atoms with E-state index in [4.69, 9.17) is 5.73 Å². The molecule has 5 nitrogen and oxygen atoms in total. The summed E-state index contributed by atoms with van der Waals surface area (Å²) < 4.78 is 0.172. The van der Waals surface area contributed by atoms with Crippen LogP contribution in [-0.2, 0) is 4.79 Å². The third-order valence-corrected chi connectivity index (χ3v) is 7.07. The molecule has 0 aromatic rings. The Bertz CT molecular complexity index is 612. The van der Waals surface area contributed by atoms with Gasteiger partial charge in [0.1, 0.15) is 12.4 Å². The molecule has 0 aromatic heterocycles. The van der Waals surface area contributed by atoms with Crippen LogP contribution in [0.4, 0.5) is 0 Å². The first-order chi connectivity index (χ1) is 16.5. The second-order valence-electron chi connectivity index (χ2n) is 10.2. The number of unbranched alkanes of at least 4 members (excludes halogenated alkanes) is 16. The lowest BCUT2D eigenvalue weighted by molar-refractivity contribution is -0.805. The van der Waals surface area contributed by atoms with Crippen LogP contribution in [0, 0.1) is 0 Å². The number of carboxylic acid groups (broad SMARTS) is 1. The fourth-order valence-corrected chi connectivity index (χ4v) is 4.82. The maximum atomic E-state index is 11.3. The highest BCUT2D eigenvalue weighted by Gasteiger charge is 2.40. The summed E-state index contributed by atoms with van der Waals surface area (Å²) in [5.41, 5.74) is 6.12. The van der Waals surface area contributed by atoms with Crippen molar-refractivity contribution in [2.75, 3.05) is 6.54 Å². The topological polar surface area (TPSA) is 75.7 Å². The Kier molecular flexibility index (Phi) is 17.8. The molecule has 0 aliphatic carbocycles. The van der Waals surface area contributed by atoms with Gasteiger partial charge in [-0.15, -0.1) is 0 Å². The number of hydrogen-bond acceptors (Lipinski definition) is 3. The first-order valence-electron chi connectivity index (χ1n) is 14.3. The zero-order chi connectivity index (χ0) is 24.9. The molecule has 0 fully saturated rings. The van der Waals surface area contributed by atoms with Crippen molar-refractivity contribution in [3.8, 4) is 0 Å². The van der Waals surface area contributed by atoms with Gasteiger partial charge in [-0.05, 0) is 32.1 Å². The number of nitrogens with zero attached hydrogens (tertiary/aromatic N) is 2. The highest BCUT2D eigenvalue weighted by atomic mass is 16.4. The number of aliphatic carboxylic acids is 1. The fourth-order valence-electron chi connectivity index (χ4n) is 4.82. The van der Waals surface area contributed by atoms with Gasteiger partial charge < -0.3 is 5.11 Å².